The number of piperidine rings is 1. The standard InChI is InChI=1S/C16H28N2O3/c1-11(21-10-15-4-3-7-20-15)16(19)18(2)14-8-12-5-6-13(9-14)17-12/h11-15,17H,3-10H2,1-2H3. The van der Waals surface area contributed by atoms with Crippen molar-refractivity contribution >= 4 is 5.91 Å². The normalized spacial score (nSPS) is 36.7. The monoisotopic (exact) mass is 296 g/mol. The number of ether oxygens (including phenoxy) is 2. The van der Waals surface area contributed by atoms with Crippen molar-refractivity contribution in [2.24, 2.45) is 0 Å². The number of carbonyl (C=O) groups excluding carboxylic acids is 1. The number of carbonyl (C=O) groups is 1. The van der Waals surface area contributed by atoms with Gasteiger partial charge in [0.2, 0.25) is 0 Å². The molecule has 1 amide bonds. The van der Waals surface area contributed by atoms with E-state index in [1.807, 2.05) is 18.9 Å². The molecule has 3 rings (SSSR count). The minimum Gasteiger partial charge on any atom is -0.376 e. The van der Waals surface area contributed by atoms with Crippen molar-refractivity contribution in [2.75, 3.05) is 20.3 Å². The second kappa shape index (κ2) is 6.63. The maximum atomic E-state index is 12.5. The summed E-state index contributed by atoms with van der Waals surface area (Å²) in [4.78, 5) is 14.4. The maximum absolute atomic E-state index is 12.5. The van der Waals surface area contributed by atoms with Gasteiger partial charge in [-0.2, -0.15) is 0 Å². The first-order valence-corrected chi connectivity index (χ1v) is 8.39. The first-order valence-electron chi connectivity index (χ1n) is 8.39. The van der Waals surface area contributed by atoms with Crippen LogP contribution in [0.5, 0.6) is 0 Å². The summed E-state index contributed by atoms with van der Waals surface area (Å²) in [6.07, 6.45) is 6.64. The minimum atomic E-state index is -0.369. The summed E-state index contributed by atoms with van der Waals surface area (Å²) in [5, 5.41) is 3.62. The Bertz CT molecular complexity index is 359. The van der Waals surface area contributed by atoms with Gasteiger partial charge in [-0.05, 0) is 45.4 Å². The van der Waals surface area contributed by atoms with Crippen LogP contribution in [0.15, 0.2) is 0 Å². The maximum Gasteiger partial charge on any atom is 0.251 e. The zero-order valence-corrected chi connectivity index (χ0v) is 13.2. The smallest absolute Gasteiger partial charge is 0.251 e. The molecule has 120 valence electrons. The highest BCUT2D eigenvalue weighted by atomic mass is 16.5. The molecular weight excluding hydrogens is 268 g/mol. The number of fused-ring (bicyclic) bond motifs is 2. The third kappa shape index (κ3) is 3.58. The van der Waals surface area contributed by atoms with Crippen LogP contribution in [0.3, 0.4) is 0 Å². The number of hydrogen-bond donors (Lipinski definition) is 1. The summed E-state index contributed by atoms with van der Waals surface area (Å²) < 4.78 is 11.3. The number of nitrogens with zero attached hydrogens (tertiary/aromatic N) is 1. The topological polar surface area (TPSA) is 50.8 Å². The molecule has 4 unspecified atom stereocenters. The first-order chi connectivity index (χ1) is 10.1. The molecular formula is C16H28N2O3. The molecule has 0 radical (unpaired) electrons. The Labute approximate surface area is 127 Å². The number of nitrogens with one attached hydrogen (secondary N) is 1. The SMILES string of the molecule is CC(OCC1CCCO1)C(=O)N(C)C1CC2CCC(C1)N2. The Kier molecular flexibility index (Phi) is 4.82. The van der Waals surface area contributed by atoms with Crippen molar-refractivity contribution in [1.29, 1.82) is 0 Å². The van der Waals surface area contributed by atoms with Gasteiger partial charge in [0.15, 0.2) is 0 Å². The molecule has 3 aliphatic heterocycles. The van der Waals surface area contributed by atoms with Gasteiger partial charge >= 0.3 is 0 Å². The molecule has 1 N–H and O–H groups in total. The molecule has 4 atom stereocenters. The second-order valence-corrected chi connectivity index (χ2v) is 6.82. The van der Waals surface area contributed by atoms with Crippen LogP contribution >= 0.6 is 0 Å². The van der Waals surface area contributed by atoms with Crippen LogP contribution in [0, 0.1) is 0 Å². The van der Waals surface area contributed by atoms with E-state index in [-0.39, 0.29) is 18.1 Å². The van der Waals surface area contributed by atoms with Crippen molar-refractivity contribution in [3.8, 4) is 0 Å². The van der Waals surface area contributed by atoms with E-state index in [1.165, 1.54) is 12.8 Å². The van der Waals surface area contributed by atoms with Crippen molar-refractivity contribution in [1.82, 2.24) is 10.2 Å². The lowest BCUT2D eigenvalue weighted by atomic mass is 9.98. The number of amides is 1. The van der Waals surface area contributed by atoms with Crippen LogP contribution < -0.4 is 5.32 Å². The van der Waals surface area contributed by atoms with Gasteiger partial charge in [-0.1, -0.05) is 0 Å². The lowest BCUT2D eigenvalue weighted by Gasteiger charge is -2.36. The molecule has 3 fully saturated rings. The molecule has 0 aromatic heterocycles. The fourth-order valence-corrected chi connectivity index (χ4v) is 3.91. The van der Waals surface area contributed by atoms with Crippen molar-refractivity contribution in [3.05, 3.63) is 0 Å². The van der Waals surface area contributed by atoms with Crippen LogP contribution in [0.25, 0.3) is 0 Å². The third-order valence-corrected chi connectivity index (χ3v) is 5.25. The average Bonchev–Trinajstić information content (AvgIpc) is 3.12. The summed E-state index contributed by atoms with van der Waals surface area (Å²) >= 11 is 0. The Hall–Kier alpha value is -0.650. The van der Waals surface area contributed by atoms with Crippen LogP contribution in [-0.2, 0) is 14.3 Å². The molecule has 0 aliphatic carbocycles. The Morgan fingerprint density at radius 3 is 2.67 bits per heavy atom. The van der Waals surface area contributed by atoms with Crippen molar-refractivity contribution in [3.63, 3.8) is 0 Å². The summed E-state index contributed by atoms with van der Waals surface area (Å²) in [7, 11) is 1.93. The number of rotatable bonds is 5. The van der Waals surface area contributed by atoms with E-state index in [9.17, 15) is 4.79 Å². The zero-order valence-electron chi connectivity index (χ0n) is 13.2. The molecule has 5 nitrogen and oxygen atoms in total. The average molecular weight is 296 g/mol. The molecule has 0 aromatic rings. The Balaban J connectivity index is 1.46. The van der Waals surface area contributed by atoms with Crippen LogP contribution in [0.4, 0.5) is 0 Å². The lowest BCUT2D eigenvalue weighted by Crippen LogP contribution is -2.51. The van der Waals surface area contributed by atoms with E-state index >= 15 is 0 Å². The fourth-order valence-electron chi connectivity index (χ4n) is 3.91. The largest absolute Gasteiger partial charge is 0.376 e. The summed E-state index contributed by atoms with van der Waals surface area (Å²) in [5.41, 5.74) is 0. The van der Waals surface area contributed by atoms with Gasteiger partial charge in [0, 0.05) is 31.8 Å². The van der Waals surface area contributed by atoms with Gasteiger partial charge in [0.1, 0.15) is 6.10 Å². The van der Waals surface area contributed by atoms with Gasteiger partial charge in [-0.25, -0.2) is 0 Å². The third-order valence-electron chi connectivity index (χ3n) is 5.25. The Morgan fingerprint density at radius 1 is 1.33 bits per heavy atom. The fraction of sp³-hybridized carbons (Fsp3) is 0.938. The van der Waals surface area contributed by atoms with Crippen LogP contribution in [0.1, 0.15) is 45.4 Å². The van der Waals surface area contributed by atoms with Gasteiger partial charge in [-0.15, -0.1) is 0 Å². The van der Waals surface area contributed by atoms with Gasteiger partial charge in [-0.3, -0.25) is 4.79 Å². The predicted octanol–water partition coefficient (Wildman–Crippen LogP) is 1.31. The van der Waals surface area contributed by atoms with E-state index < -0.39 is 0 Å². The summed E-state index contributed by atoms with van der Waals surface area (Å²) in [6, 6.07) is 1.57. The van der Waals surface area contributed by atoms with Crippen molar-refractivity contribution < 1.29 is 14.3 Å². The second-order valence-electron chi connectivity index (χ2n) is 6.82. The van der Waals surface area contributed by atoms with E-state index in [1.54, 1.807) is 0 Å². The van der Waals surface area contributed by atoms with Crippen LogP contribution in [0.2, 0.25) is 0 Å². The Morgan fingerprint density at radius 2 is 2.05 bits per heavy atom. The highest BCUT2D eigenvalue weighted by Crippen LogP contribution is 2.29. The zero-order chi connectivity index (χ0) is 14.8. The van der Waals surface area contributed by atoms with Crippen LogP contribution in [-0.4, -0.2) is 61.4 Å². The highest BCUT2D eigenvalue weighted by Gasteiger charge is 2.37. The minimum absolute atomic E-state index is 0.110. The van der Waals surface area contributed by atoms with Gasteiger partial charge in [0.25, 0.3) is 5.91 Å². The number of hydrogen-bond acceptors (Lipinski definition) is 4. The molecule has 0 spiro atoms. The molecule has 2 bridgehead atoms. The molecule has 3 aliphatic rings. The van der Waals surface area contributed by atoms with Gasteiger partial charge < -0.3 is 19.7 Å². The quantitative estimate of drug-likeness (QED) is 0.831. The molecule has 5 heteroatoms. The molecule has 3 saturated heterocycles. The molecule has 21 heavy (non-hydrogen) atoms. The molecule has 3 heterocycles. The summed E-state index contributed by atoms with van der Waals surface area (Å²) in [6.45, 7) is 3.23. The number of likely N-dealkylation sites (N-methyl/N-ethyl adjacent to an activating group) is 1. The summed E-state index contributed by atoms with van der Waals surface area (Å²) in [5.74, 6) is 0.110. The highest BCUT2D eigenvalue weighted by molar-refractivity contribution is 5.80. The van der Waals surface area contributed by atoms with Gasteiger partial charge in [0.05, 0.1) is 12.7 Å². The lowest BCUT2D eigenvalue weighted by molar-refractivity contribution is -0.146. The van der Waals surface area contributed by atoms with E-state index in [2.05, 4.69) is 5.32 Å². The molecule has 0 aromatic carbocycles. The predicted molar refractivity (Wildman–Crippen MR) is 80.1 cm³/mol. The van der Waals surface area contributed by atoms with E-state index in [4.69, 9.17) is 9.47 Å². The van der Waals surface area contributed by atoms with E-state index in [0.29, 0.717) is 24.7 Å². The van der Waals surface area contributed by atoms with E-state index in [0.717, 1.165) is 32.3 Å². The first kappa shape index (κ1) is 15.3. The van der Waals surface area contributed by atoms with Crippen molar-refractivity contribution in [2.45, 2.75) is 75.8 Å². The molecule has 0 saturated carbocycles.